The first-order valence-electron chi connectivity index (χ1n) is 18.8. The number of hydrogen-bond acceptors (Lipinski definition) is 12. The summed E-state index contributed by atoms with van der Waals surface area (Å²) in [5, 5.41) is 31.6. The molecule has 1 aliphatic rings. The van der Waals surface area contributed by atoms with Gasteiger partial charge in [0.15, 0.2) is 0 Å². The molecule has 324 valence electrons. The molecule has 21 heteroatoms. The van der Waals surface area contributed by atoms with Gasteiger partial charge in [0, 0.05) is 52.4 Å². The molecule has 3 rings (SSSR count). The van der Waals surface area contributed by atoms with Crippen molar-refractivity contribution in [2.75, 3.05) is 84.9 Å². The average molecular weight is 858 g/mol. The summed E-state index contributed by atoms with van der Waals surface area (Å²) in [6, 6.07) is 6.62. The number of carboxylic acids is 3. The Hall–Kier alpha value is -3.74. The first-order chi connectivity index (χ1) is 27.0. The lowest BCUT2D eigenvalue weighted by Gasteiger charge is -2.35. The topological polar surface area (TPSA) is 267 Å². The van der Waals surface area contributed by atoms with Crippen LogP contribution in [-0.4, -0.2) is 164 Å². The van der Waals surface area contributed by atoms with E-state index in [2.05, 4.69) is 17.4 Å². The predicted octanol–water partition coefficient (Wildman–Crippen LogP) is 2.27. The smallest absolute Gasteiger partial charge is 0.480 e. The summed E-state index contributed by atoms with van der Waals surface area (Å²) in [5.41, 5.74) is 6.83. The Balaban J connectivity index is 1.70. The Bertz CT molecular complexity index is 1820. The summed E-state index contributed by atoms with van der Waals surface area (Å²) in [4.78, 5) is 83.8. The van der Waals surface area contributed by atoms with Gasteiger partial charge in [0.05, 0.1) is 26.2 Å². The van der Waals surface area contributed by atoms with Gasteiger partial charge in [-0.3, -0.25) is 52.8 Å². The zero-order valence-corrected chi connectivity index (χ0v) is 35.4. The lowest BCUT2D eigenvalue weighted by Crippen LogP contribution is -2.52. The number of phosphoric ester groups is 1. The molecule has 0 radical (unpaired) electrons. The van der Waals surface area contributed by atoms with E-state index in [1.165, 1.54) is 0 Å². The Morgan fingerprint density at radius 2 is 1.21 bits per heavy atom. The molecule has 2 aromatic carbocycles. The van der Waals surface area contributed by atoms with Crippen LogP contribution < -0.4 is 9.84 Å². The van der Waals surface area contributed by atoms with Crippen molar-refractivity contribution in [2.24, 2.45) is 0 Å². The van der Waals surface area contributed by atoms with Crippen LogP contribution >= 0.6 is 15.4 Å². The Kier molecular flexibility index (Phi) is 18.5. The molecular weight excluding hydrogens is 800 g/mol. The second-order valence-corrected chi connectivity index (χ2v) is 17.7. The molecule has 1 fully saturated rings. The Labute approximate surface area is 338 Å². The number of phosphoric acid groups is 1. The molecule has 1 saturated heterocycles. The van der Waals surface area contributed by atoms with E-state index in [0.717, 1.165) is 33.4 Å². The molecule has 0 aromatic heterocycles. The number of aryl methyl sites for hydroxylation is 5. The van der Waals surface area contributed by atoms with Crippen molar-refractivity contribution in [1.82, 2.24) is 24.9 Å². The molecule has 2 aromatic rings. The van der Waals surface area contributed by atoms with Gasteiger partial charge in [0.1, 0.15) is 18.1 Å². The third kappa shape index (κ3) is 16.5. The van der Waals surface area contributed by atoms with E-state index in [0.29, 0.717) is 5.56 Å². The maximum atomic E-state index is 13.1. The second kappa shape index (κ2) is 22.0. The number of carbonyl (C=O) groups is 4. The molecule has 2 unspecified atom stereocenters. The van der Waals surface area contributed by atoms with Crippen LogP contribution in [0.1, 0.15) is 40.7 Å². The van der Waals surface area contributed by atoms with Gasteiger partial charge < -0.3 is 34.9 Å². The van der Waals surface area contributed by atoms with Crippen molar-refractivity contribution in [3.8, 4) is 16.9 Å². The zero-order valence-electron chi connectivity index (χ0n) is 33.6. The van der Waals surface area contributed by atoms with Gasteiger partial charge in [-0.05, 0) is 93.0 Å². The van der Waals surface area contributed by atoms with Crippen molar-refractivity contribution in [3.05, 3.63) is 52.1 Å². The maximum Gasteiger partial charge on any atom is 0.527 e. The normalized spacial score (nSPS) is 17.4. The summed E-state index contributed by atoms with van der Waals surface area (Å²) in [6.45, 7) is 9.13. The standard InChI is InChI=1S/C37H57N5O14P2/c1-25-17-28(4)36(29(5)18-25)30-19-27(3)32(20-26(30)2)56-58(53,54)55-16-6-7-31(37(48)49)42-14-12-40(22-34(44)45)10-8-39(21-33(43)38-24-57(50,51)52)9-11-41(13-15-42)23-35(46)47/h17-20,31H,6-16,21-24H2,1-5H3,(H,38,43)(H,44,45)(H,46,47)(H,48,49)(H,53,54)(H2,50,51,52). The van der Waals surface area contributed by atoms with Gasteiger partial charge in [-0.1, -0.05) is 17.7 Å². The molecule has 2 atom stereocenters. The number of carboxylic acid groups (broad SMARTS) is 3. The van der Waals surface area contributed by atoms with Crippen LogP contribution in [0.4, 0.5) is 0 Å². The number of benzene rings is 2. The van der Waals surface area contributed by atoms with E-state index >= 15 is 0 Å². The minimum absolute atomic E-state index is 0.0288. The zero-order chi connectivity index (χ0) is 43.4. The lowest BCUT2D eigenvalue weighted by atomic mass is 9.90. The summed E-state index contributed by atoms with van der Waals surface area (Å²) < 4.78 is 35.0. The fraction of sp³-hybridized carbons (Fsp3) is 0.568. The summed E-state index contributed by atoms with van der Waals surface area (Å²) in [7, 11) is -9.15. The molecule has 19 nitrogen and oxygen atoms in total. The maximum absolute atomic E-state index is 13.1. The van der Waals surface area contributed by atoms with Gasteiger partial charge in [-0.15, -0.1) is 0 Å². The minimum atomic E-state index is -4.64. The molecule has 7 N–H and O–H groups in total. The summed E-state index contributed by atoms with van der Waals surface area (Å²) >= 11 is 0. The van der Waals surface area contributed by atoms with E-state index < -0.39 is 64.7 Å². The van der Waals surface area contributed by atoms with Gasteiger partial charge in [-0.2, -0.15) is 0 Å². The van der Waals surface area contributed by atoms with Crippen LogP contribution in [0.2, 0.25) is 0 Å². The summed E-state index contributed by atoms with van der Waals surface area (Å²) in [6.07, 6.45) is -0.869. The Morgan fingerprint density at radius 3 is 1.69 bits per heavy atom. The van der Waals surface area contributed by atoms with E-state index in [9.17, 15) is 48.5 Å². The third-order valence-electron chi connectivity index (χ3n) is 9.72. The number of aliphatic carboxylic acids is 3. The van der Waals surface area contributed by atoms with E-state index in [4.69, 9.17) is 18.8 Å². The van der Waals surface area contributed by atoms with Gasteiger partial charge in [0.2, 0.25) is 5.91 Å². The van der Waals surface area contributed by atoms with Crippen molar-refractivity contribution < 1.29 is 67.4 Å². The van der Waals surface area contributed by atoms with Crippen molar-refractivity contribution >= 4 is 39.2 Å². The highest BCUT2D eigenvalue weighted by atomic mass is 31.2. The SMILES string of the molecule is Cc1cc(C)c(-c2cc(C)c(OP(=O)(O)OCCCC(C(=O)O)N3CCN(CC(=O)O)CCN(CC(=O)NCP(=O)(O)O)CCN(CC(=O)O)CC3)cc2C)c(C)c1. The number of hydrogen-bond donors (Lipinski definition) is 7. The van der Waals surface area contributed by atoms with Crippen molar-refractivity contribution in [1.29, 1.82) is 0 Å². The van der Waals surface area contributed by atoms with Crippen LogP contribution in [0, 0.1) is 34.6 Å². The van der Waals surface area contributed by atoms with E-state index in [1.807, 2.05) is 33.8 Å². The Morgan fingerprint density at radius 1 is 0.707 bits per heavy atom. The van der Waals surface area contributed by atoms with Gasteiger partial charge in [-0.25, -0.2) is 4.57 Å². The lowest BCUT2D eigenvalue weighted by molar-refractivity contribution is -0.145. The highest BCUT2D eigenvalue weighted by Crippen LogP contribution is 2.46. The average Bonchev–Trinajstić information content (AvgIpc) is 3.08. The molecule has 0 spiro atoms. The van der Waals surface area contributed by atoms with Crippen LogP contribution in [0.3, 0.4) is 0 Å². The van der Waals surface area contributed by atoms with Crippen molar-refractivity contribution in [2.45, 2.75) is 53.5 Å². The molecule has 58 heavy (non-hydrogen) atoms. The number of nitrogens with zero attached hydrogens (tertiary/aromatic N) is 4. The summed E-state index contributed by atoms with van der Waals surface area (Å²) in [5.74, 6) is -4.00. The highest BCUT2D eigenvalue weighted by Gasteiger charge is 2.30. The quantitative estimate of drug-likeness (QED) is 0.0837. The number of rotatable bonds is 18. The van der Waals surface area contributed by atoms with Crippen LogP contribution in [0.5, 0.6) is 5.75 Å². The minimum Gasteiger partial charge on any atom is -0.480 e. The monoisotopic (exact) mass is 857 g/mol. The van der Waals surface area contributed by atoms with Crippen LogP contribution in [0.15, 0.2) is 24.3 Å². The number of nitrogens with one attached hydrogen (secondary N) is 1. The van der Waals surface area contributed by atoms with Gasteiger partial charge >= 0.3 is 33.3 Å². The molecule has 0 saturated carbocycles. The van der Waals surface area contributed by atoms with E-state index in [-0.39, 0.29) is 84.1 Å². The predicted molar refractivity (Wildman–Crippen MR) is 214 cm³/mol. The van der Waals surface area contributed by atoms with Crippen LogP contribution in [-0.2, 0) is 32.8 Å². The molecule has 1 heterocycles. The molecule has 1 amide bonds. The molecule has 0 aliphatic carbocycles. The largest absolute Gasteiger partial charge is 0.527 e. The molecule has 1 aliphatic heterocycles. The first-order valence-corrected chi connectivity index (χ1v) is 22.1. The van der Waals surface area contributed by atoms with Gasteiger partial charge in [0.25, 0.3) is 0 Å². The fourth-order valence-corrected chi connectivity index (χ4v) is 8.24. The fourth-order valence-electron chi connectivity index (χ4n) is 7.00. The second-order valence-electron chi connectivity index (χ2n) is 14.7. The number of carbonyl (C=O) groups excluding carboxylic acids is 1. The first kappa shape index (κ1) is 48.6. The van der Waals surface area contributed by atoms with Crippen molar-refractivity contribution in [3.63, 3.8) is 0 Å². The molecule has 0 bridgehead atoms. The highest BCUT2D eigenvalue weighted by molar-refractivity contribution is 7.51. The number of amides is 1. The van der Waals surface area contributed by atoms with E-state index in [1.54, 1.807) is 32.6 Å². The molecular formula is C37H57N5O14P2. The third-order valence-corrected chi connectivity index (χ3v) is 11.2. The van der Waals surface area contributed by atoms with Crippen LogP contribution in [0.25, 0.3) is 11.1 Å².